The molecule has 0 radical (unpaired) electrons. The number of hydrogen-bond donors (Lipinski definition) is 1. The number of piperidine rings is 1. The van der Waals surface area contributed by atoms with Gasteiger partial charge in [0.2, 0.25) is 16.2 Å². The second-order valence-corrected chi connectivity index (χ2v) is 8.02. The minimum Gasteiger partial charge on any atom is -0.493 e. The Labute approximate surface area is 179 Å². The third-order valence-electron chi connectivity index (χ3n) is 5.30. The number of carbonyl (C=O) groups is 1. The van der Waals surface area contributed by atoms with Gasteiger partial charge in [-0.05, 0) is 31.0 Å². The zero-order valence-electron chi connectivity index (χ0n) is 17.1. The standard InChI is InChI=1S/C21H25N5O3S/c1-28-17-7-5-6-16(18(17)29-2)14-22-19(27)15-8-12-26(13-9-15)21-24-23-20(30-21)25-10-3-4-11-25/h3-7,10-11,15H,8-9,12-14H2,1-2H3,(H,22,27). The molecule has 158 valence electrons. The highest BCUT2D eigenvalue weighted by Gasteiger charge is 2.27. The van der Waals surface area contributed by atoms with Crippen molar-refractivity contribution in [1.29, 1.82) is 0 Å². The quantitative estimate of drug-likeness (QED) is 0.624. The number of carbonyl (C=O) groups excluding carboxylic acids is 1. The lowest BCUT2D eigenvalue weighted by molar-refractivity contribution is -0.125. The molecule has 8 nitrogen and oxygen atoms in total. The Balaban J connectivity index is 1.31. The van der Waals surface area contributed by atoms with E-state index in [2.05, 4.69) is 20.4 Å². The van der Waals surface area contributed by atoms with E-state index in [0.29, 0.717) is 18.0 Å². The molecule has 0 bridgehead atoms. The average Bonchev–Trinajstić information content (AvgIpc) is 3.49. The van der Waals surface area contributed by atoms with Crippen molar-refractivity contribution in [2.75, 3.05) is 32.2 Å². The van der Waals surface area contributed by atoms with Crippen LogP contribution in [-0.2, 0) is 11.3 Å². The number of rotatable bonds is 7. The lowest BCUT2D eigenvalue weighted by atomic mass is 9.96. The van der Waals surface area contributed by atoms with Crippen LogP contribution in [0.2, 0.25) is 0 Å². The molecule has 1 amide bonds. The van der Waals surface area contributed by atoms with Crippen molar-refractivity contribution in [3.63, 3.8) is 0 Å². The maximum absolute atomic E-state index is 12.7. The van der Waals surface area contributed by atoms with Gasteiger partial charge in [0.1, 0.15) is 0 Å². The maximum Gasteiger partial charge on any atom is 0.223 e. The van der Waals surface area contributed by atoms with Gasteiger partial charge in [-0.2, -0.15) is 0 Å². The molecule has 1 aliphatic heterocycles. The molecule has 1 aromatic carbocycles. The number of amides is 1. The first kappa shape index (κ1) is 20.2. The summed E-state index contributed by atoms with van der Waals surface area (Å²) in [7, 11) is 3.21. The van der Waals surface area contributed by atoms with E-state index in [4.69, 9.17) is 9.47 Å². The van der Waals surface area contributed by atoms with Gasteiger partial charge in [-0.3, -0.25) is 9.36 Å². The van der Waals surface area contributed by atoms with Gasteiger partial charge in [-0.25, -0.2) is 0 Å². The van der Waals surface area contributed by atoms with E-state index >= 15 is 0 Å². The van der Waals surface area contributed by atoms with Gasteiger partial charge < -0.3 is 19.7 Å². The lowest BCUT2D eigenvalue weighted by Gasteiger charge is -2.30. The molecule has 9 heteroatoms. The van der Waals surface area contributed by atoms with Crippen molar-refractivity contribution in [3.8, 4) is 16.6 Å². The number of nitrogens with one attached hydrogen (secondary N) is 1. The number of nitrogens with zero attached hydrogens (tertiary/aromatic N) is 4. The number of hydrogen-bond acceptors (Lipinski definition) is 7. The van der Waals surface area contributed by atoms with Gasteiger partial charge in [0.25, 0.3) is 0 Å². The number of ether oxygens (including phenoxy) is 2. The first-order valence-corrected chi connectivity index (χ1v) is 10.7. The van der Waals surface area contributed by atoms with Crippen LogP contribution in [0, 0.1) is 5.92 Å². The number of anilines is 1. The zero-order chi connectivity index (χ0) is 20.9. The van der Waals surface area contributed by atoms with Crippen molar-refractivity contribution >= 4 is 22.4 Å². The van der Waals surface area contributed by atoms with Gasteiger partial charge in [0.05, 0.1) is 14.2 Å². The molecule has 1 saturated heterocycles. The number of benzene rings is 1. The number of aromatic nitrogens is 3. The molecule has 30 heavy (non-hydrogen) atoms. The van der Waals surface area contributed by atoms with Gasteiger partial charge in [-0.15, -0.1) is 10.2 Å². The fourth-order valence-electron chi connectivity index (χ4n) is 3.65. The molecule has 4 rings (SSSR count). The van der Waals surface area contributed by atoms with Crippen molar-refractivity contribution in [2.45, 2.75) is 19.4 Å². The van der Waals surface area contributed by atoms with Crippen LogP contribution < -0.4 is 19.7 Å². The van der Waals surface area contributed by atoms with Gasteiger partial charge in [-0.1, -0.05) is 23.5 Å². The molecule has 0 spiro atoms. The summed E-state index contributed by atoms with van der Waals surface area (Å²) >= 11 is 1.56. The molecular formula is C21H25N5O3S. The summed E-state index contributed by atoms with van der Waals surface area (Å²) in [6.45, 7) is 2.00. The second-order valence-electron chi connectivity index (χ2n) is 7.09. The van der Waals surface area contributed by atoms with E-state index < -0.39 is 0 Å². The fraction of sp³-hybridized carbons (Fsp3) is 0.381. The van der Waals surface area contributed by atoms with Crippen LogP contribution in [-0.4, -0.2) is 48.0 Å². The Morgan fingerprint density at radius 3 is 2.53 bits per heavy atom. The van der Waals surface area contributed by atoms with Crippen molar-refractivity contribution in [3.05, 3.63) is 48.3 Å². The van der Waals surface area contributed by atoms with Gasteiger partial charge in [0.15, 0.2) is 11.5 Å². The van der Waals surface area contributed by atoms with E-state index in [1.807, 2.05) is 47.3 Å². The van der Waals surface area contributed by atoms with Crippen LogP contribution >= 0.6 is 11.3 Å². The van der Waals surface area contributed by atoms with Crippen LogP contribution in [0.3, 0.4) is 0 Å². The van der Waals surface area contributed by atoms with Gasteiger partial charge >= 0.3 is 0 Å². The van der Waals surface area contributed by atoms with Crippen molar-refractivity contribution in [2.24, 2.45) is 5.92 Å². The Kier molecular flexibility index (Phi) is 6.18. The van der Waals surface area contributed by atoms with Crippen LogP contribution in [0.1, 0.15) is 18.4 Å². The first-order valence-electron chi connectivity index (χ1n) is 9.89. The molecule has 1 fully saturated rings. The highest BCUT2D eigenvalue weighted by Crippen LogP contribution is 2.31. The molecule has 3 aromatic rings. The summed E-state index contributed by atoms with van der Waals surface area (Å²) in [5.41, 5.74) is 0.897. The van der Waals surface area contributed by atoms with Gasteiger partial charge in [0, 0.05) is 43.5 Å². The molecular weight excluding hydrogens is 402 g/mol. The Morgan fingerprint density at radius 2 is 1.83 bits per heavy atom. The lowest BCUT2D eigenvalue weighted by Crippen LogP contribution is -2.40. The van der Waals surface area contributed by atoms with Crippen LogP contribution in [0.5, 0.6) is 11.5 Å². The summed E-state index contributed by atoms with van der Waals surface area (Å²) in [6.07, 6.45) is 5.50. The monoisotopic (exact) mass is 427 g/mol. The molecule has 1 aliphatic rings. The van der Waals surface area contributed by atoms with E-state index in [1.54, 1.807) is 25.6 Å². The van der Waals surface area contributed by atoms with E-state index in [9.17, 15) is 4.79 Å². The highest BCUT2D eigenvalue weighted by atomic mass is 32.1. The summed E-state index contributed by atoms with van der Waals surface area (Å²) in [5.74, 6) is 1.39. The SMILES string of the molecule is COc1cccc(CNC(=O)C2CCN(c3nnc(-n4cccc4)s3)CC2)c1OC. The molecule has 1 N–H and O–H groups in total. The molecule has 0 saturated carbocycles. The summed E-state index contributed by atoms with van der Waals surface area (Å²) in [5, 5.41) is 13.4. The molecule has 0 unspecified atom stereocenters. The van der Waals surface area contributed by atoms with Crippen molar-refractivity contribution < 1.29 is 14.3 Å². The van der Waals surface area contributed by atoms with E-state index in [-0.39, 0.29) is 11.8 Å². The minimum absolute atomic E-state index is 0.00491. The van der Waals surface area contributed by atoms with Crippen LogP contribution in [0.4, 0.5) is 5.13 Å². The highest BCUT2D eigenvalue weighted by molar-refractivity contribution is 7.17. The molecule has 2 aromatic heterocycles. The van der Waals surface area contributed by atoms with E-state index in [0.717, 1.165) is 41.8 Å². The summed E-state index contributed by atoms with van der Waals surface area (Å²) in [6, 6.07) is 9.60. The number of para-hydroxylation sites is 1. The second kappa shape index (κ2) is 9.17. The Hall–Kier alpha value is -3.07. The minimum atomic E-state index is -0.00491. The number of methoxy groups -OCH3 is 2. The largest absolute Gasteiger partial charge is 0.493 e. The maximum atomic E-state index is 12.7. The Bertz CT molecular complexity index is 980. The average molecular weight is 428 g/mol. The van der Waals surface area contributed by atoms with Crippen LogP contribution in [0.25, 0.3) is 5.13 Å². The first-order chi connectivity index (χ1) is 14.7. The normalized spacial score (nSPS) is 14.5. The summed E-state index contributed by atoms with van der Waals surface area (Å²) < 4.78 is 12.7. The third kappa shape index (κ3) is 4.25. The Morgan fingerprint density at radius 1 is 1.10 bits per heavy atom. The fourth-order valence-corrected chi connectivity index (χ4v) is 4.52. The van der Waals surface area contributed by atoms with Crippen LogP contribution in [0.15, 0.2) is 42.7 Å². The van der Waals surface area contributed by atoms with E-state index in [1.165, 1.54) is 0 Å². The summed E-state index contributed by atoms with van der Waals surface area (Å²) in [4.78, 5) is 14.9. The molecule has 0 aliphatic carbocycles. The molecule has 3 heterocycles. The molecule has 0 atom stereocenters. The third-order valence-corrected chi connectivity index (χ3v) is 6.30. The topological polar surface area (TPSA) is 81.5 Å². The smallest absolute Gasteiger partial charge is 0.223 e. The van der Waals surface area contributed by atoms with Crippen molar-refractivity contribution in [1.82, 2.24) is 20.1 Å². The zero-order valence-corrected chi connectivity index (χ0v) is 17.9. The predicted octanol–water partition coefficient (Wildman–Crippen LogP) is 2.88. The predicted molar refractivity (Wildman–Crippen MR) is 116 cm³/mol.